The van der Waals surface area contributed by atoms with Crippen molar-refractivity contribution in [3.8, 4) is 29.2 Å². The van der Waals surface area contributed by atoms with Gasteiger partial charge in [-0.25, -0.2) is 9.97 Å². The maximum Gasteiger partial charge on any atom is 0.219 e. The molecule has 3 N–H and O–H groups in total. The van der Waals surface area contributed by atoms with E-state index in [1.54, 1.807) is 30.6 Å². The van der Waals surface area contributed by atoms with Crippen molar-refractivity contribution in [3.63, 3.8) is 0 Å². The molecule has 1 heterocycles. The van der Waals surface area contributed by atoms with E-state index in [1.165, 1.54) is 0 Å². The SMILES string of the molecule is C#Cc1ccc(-c2cnc(N)nc2)cc1O. The van der Waals surface area contributed by atoms with Gasteiger partial charge in [-0.3, -0.25) is 0 Å². The summed E-state index contributed by atoms with van der Waals surface area (Å²) < 4.78 is 0. The van der Waals surface area contributed by atoms with Gasteiger partial charge in [-0.05, 0) is 17.7 Å². The monoisotopic (exact) mass is 211 g/mol. The number of terminal acetylenes is 1. The van der Waals surface area contributed by atoms with Gasteiger partial charge in [-0.1, -0.05) is 12.0 Å². The van der Waals surface area contributed by atoms with Crippen LogP contribution in [0.2, 0.25) is 0 Å². The minimum absolute atomic E-state index is 0.0665. The number of phenols is 1. The molecule has 4 heteroatoms. The van der Waals surface area contributed by atoms with Gasteiger partial charge in [0, 0.05) is 18.0 Å². The van der Waals surface area contributed by atoms with Crippen LogP contribution in [0.5, 0.6) is 5.75 Å². The summed E-state index contributed by atoms with van der Waals surface area (Å²) >= 11 is 0. The molecule has 0 bridgehead atoms. The third-order valence-electron chi connectivity index (χ3n) is 2.16. The van der Waals surface area contributed by atoms with E-state index in [0.29, 0.717) is 5.56 Å². The summed E-state index contributed by atoms with van der Waals surface area (Å²) in [5.74, 6) is 2.66. The van der Waals surface area contributed by atoms with Gasteiger partial charge in [0.05, 0.1) is 5.56 Å². The largest absolute Gasteiger partial charge is 0.507 e. The Bertz CT molecular complexity index is 555. The Kier molecular flexibility index (Phi) is 2.44. The Morgan fingerprint density at radius 2 is 1.88 bits per heavy atom. The Balaban J connectivity index is 2.46. The number of hydrogen-bond acceptors (Lipinski definition) is 4. The Labute approximate surface area is 92.8 Å². The molecule has 0 saturated carbocycles. The molecule has 78 valence electrons. The Morgan fingerprint density at radius 3 is 2.44 bits per heavy atom. The zero-order chi connectivity index (χ0) is 11.5. The zero-order valence-electron chi connectivity index (χ0n) is 8.38. The lowest BCUT2D eigenvalue weighted by molar-refractivity contribution is 0.474. The van der Waals surface area contributed by atoms with Crippen LogP contribution < -0.4 is 5.73 Å². The molecule has 0 atom stereocenters. The van der Waals surface area contributed by atoms with E-state index in [0.717, 1.165) is 11.1 Å². The highest BCUT2D eigenvalue weighted by atomic mass is 16.3. The van der Waals surface area contributed by atoms with Crippen molar-refractivity contribution in [2.24, 2.45) is 0 Å². The molecule has 0 fully saturated rings. The molecule has 2 aromatic rings. The fraction of sp³-hybridized carbons (Fsp3) is 0. The van der Waals surface area contributed by atoms with Gasteiger partial charge in [0.25, 0.3) is 0 Å². The van der Waals surface area contributed by atoms with Crippen molar-refractivity contribution in [1.82, 2.24) is 9.97 Å². The number of nitrogens with zero attached hydrogens (tertiary/aromatic N) is 2. The van der Waals surface area contributed by atoms with Crippen LogP contribution in [-0.4, -0.2) is 15.1 Å². The minimum Gasteiger partial charge on any atom is -0.507 e. The van der Waals surface area contributed by atoms with Crippen LogP contribution in [0.3, 0.4) is 0 Å². The van der Waals surface area contributed by atoms with Crippen LogP contribution in [0.1, 0.15) is 5.56 Å². The van der Waals surface area contributed by atoms with E-state index in [2.05, 4.69) is 15.9 Å². The van der Waals surface area contributed by atoms with E-state index >= 15 is 0 Å². The summed E-state index contributed by atoms with van der Waals surface area (Å²) in [7, 11) is 0. The topological polar surface area (TPSA) is 72.0 Å². The molecule has 0 amide bonds. The third-order valence-corrected chi connectivity index (χ3v) is 2.16. The van der Waals surface area contributed by atoms with Gasteiger partial charge in [0.15, 0.2) is 0 Å². The average molecular weight is 211 g/mol. The molecule has 0 aliphatic heterocycles. The summed E-state index contributed by atoms with van der Waals surface area (Å²) in [6.07, 6.45) is 8.39. The molecule has 1 aromatic carbocycles. The highest BCUT2D eigenvalue weighted by Gasteiger charge is 2.03. The van der Waals surface area contributed by atoms with E-state index in [9.17, 15) is 5.11 Å². The predicted molar refractivity (Wildman–Crippen MR) is 61.5 cm³/mol. The Morgan fingerprint density at radius 1 is 1.19 bits per heavy atom. The smallest absolute Gasteiger partial charge is 0.219 e. The van der Waals surface area contributed by atoms with Gasteiger partial charge >= 0.3 is 0 Å². The number of benzene rings is 1. The first kappa shape index (κ1) is 9.99. The highest BCUT2D eigenvalue weighted by molar-refractivity contribution is 5.66. The standard InChI is InChI=1S/C12H9N3O/c1-2-8-3-4-9(5-11(8)16)10-6-14-12(13)15-7-10/h1,3-7,16H,(H2,13,14,15). The number of rotatable bonds is 1. The van der Waals surface area contributed by atoms with Gasteiger partial charge in [0.1, 0.15) is 5.75 Å². The van der Waals surface area contributed by atoms with Gasteiger partial charge < -0.3 is 10.8 Å². The summed E-state index contributed by atoms with van der Waals surface area (Å²) in [4.78, 5) is 7.74. The van der Waals surface area contributed by atoms with Crippen molar-refractivity contribution in [2.45, 2.75) is 0 Å². The van der Waals surface area contributed by atoms with Crippen LogP contribution in [0, 0.1) is 12.3 Å². The number of nitrogens with two attached hydrogens (primary N) is 1. The molecule has 4 nitrogen and oxygen atoms in total. The molecule has 0 saturated heterocycles. The van der Waals surface area contributed by atoms with Crippen LogP contribution in [0.4, 0.5) is 5.95 Å². The predicted octanol–water partition coefficient (Wildman–Crippen LogP) is 1.41. The van der Waals surface area contributed by atoms with E-state index in [1.807, 2.05) is 0 Å². The molecular weight excluding hydrogens is 202 g/mol. The number of phenolic OH excluding ortho intramolecular Hbond substituents is 1. The average Bonchev–Trinajstić information content (AvgIpc) is 2.30. The number of anilines is 1. The summed E-state index contributed by atoms with van der Waals surface area (Å²) in [6.45, 7) is 0. The molecule has 2 rings (SSSR count). The van der Waals surface area contributed by atoms with Crippen LogP contribution in [0.25, 0.3) is 11.1 Å². The molecule has 1 aromatic heterocycles. The van der Waals surface area contributed by atoms with Gasteiger partial charge in [0.2, 0.25) is 5.95 Å². The van der Waals surface area contributed by atoms with Crippen LogP contribution >= 0.6 is 0 Å². The first-order chi connectivity index (χ1) is 7.70. The summed E-state index contributed by atoms with van der Waals surface area (Å²) in [5.41, 5.74) is 7.40. The second-order valence-electron chi connectivity index (χ2n) is 3.21. The minimum atomic E-state index is 0.0665. The molecule has 0 aliphatic carbocycles. The van der Waals surface area contributed by atoms with Crippen molar-refractivity contribution in [1.29, 1.82) is 0 Å². The van der Waals surface area contributed by atoms with Crippen molar-refractivity contribution in [2.75, 3.05) is 5.73 Å². The highest BCUT2D eigenvalue weighted by Crippen LogP contribution is 2.25. The lowest BCUT2D eigenvalue weighted by atomic mass is 10.1. The number of aromatic hydroxyl groups is 1. The fourth-order valence-corrected chi connectivity index (χ4v) is 1.32. The van der Waals surface area contributed by atoms with Crippen molar-refractivity contribution >= 4 is 5.95 Å². The van der Waals surface area contributed by atoms with Gasteiger partial charge in [-0.15, -0.1) is 6.42 Å². The normalized spacial score (nSPS) is 9.69. The summed E-state index contributed by atoms with van der Waals surface area (Å²) in [5, 5.41) is 9.60. The first-order valence-electron chi connectivity index (χ1n) is 4.58. The maximum absolute atomic E-state index is 9.60. The Hall–Kier alpha value is -2.54. The van der Waals surface area contributed by atoms with E-state index in [4.69, 9.17) is 12.2 Å². The number of hydrogen-bond donors (Lipinski definition) is 2. The molecule has 0 spiro atoms. The van der Waals surface area contributed by atoms with Crippen molar-refractivity contribution < 1.29 is 5.11 Å². The number of nitrogen functional groups attached to an aromatic ring is 1. The molecular formula is C12H9N3O. The third kappa shape index (κ3) is 1.79. The van der Waals surface area contributed by atoms with E-state index < -0.39 is 0 Å². The fourth-order valence-electron chi connectivity index (χ4n) is 1.32. The second-order valence-corrected chi connectivity index (χ2v) is 3.21. The number of aromatic nitrogens is 2. The van der Waals surface area contributed by atoms with Crippen molar-refractivity contribution in [3.05, 3.63) is 36.2 Å². The first-order valence-corrected chi connectivity index (χ1v) is 4.58. The zero-order valence-corrected chi connectivity index (χ0v) is 8.38. The second kappa shape index (κ2) is 3.91. The van der Waals surface area contributed by atoms with Crippen LogP contribution in [0.15, 0.2) is 30.6 Å². The quantitative estimate of drug-likeness (QED) is 0.699. The summed E-state index contributed by atoms with van der Waals surface area (Å²) in [6, 6.07) is 5.04. The molecule has 16 heavy (non-hydrogen) atoms. The molecule has 0 aliphatic rings. The molecule has 0 unspecified atom stereocenters. The maximum atomic E-state index is 9.60. The van der Waals surface area contributed by atoms with E-state index in [-0.39, 0.29) is 11.7 Å². The van der Waals surface area contributed by atoms with Gasteiger partial charge in [-0.2, -0.15) is 0 Å². The lowest BCUT2D eigenvalue weighted by Gasteiger charge is -2.03. The van der Waals surface area contributed by atoms with Crippen LogP contribution in [-0.2, 0) is 0 Å². The lowest BCUT2D eigenvalue weighted by Crippen LogP contribution is -1.93. The molecule has 0 radical (unpaired) electrons.